The van der Waals surface area contributed by atoms with Gasteiger partial charge in [0.1, 0.15) is 28.7 Å². The first-order valence-corrected chi connectivity index (χ1v) is 10.3. The van der Waals surface area contributed by atoms with E-state index in [0.29, 0.717) is 5.75 Å². The van der Waals surface area contributed by atoms with E-state index in [9.17, 15) is 24.4 Å². The van der Waals surface area contributed by atoms with Crippen LogP contribution in [-0.2, 0) is 11.3 Å². The van der Waals surface area contributed by atoms with Gasteiger partial charge in [-0.15, -0.1) is 0 Å². The van der Waals surface area contributed by atoms with Gasteiger partial charge < -0.3 is 13.9 Å². The maximum Gasteiger partial charge on any atom is 0.342 e. The van der Waals surface area contributed by atoms with E-state index in [1.165, 1.54) is 25.1 Å². The average Bonchev–Trinajstić information content (AvgIpc) is 3.31. The highest BCUT2D eigenvalue weighted by atomic mass is 16.5. The Labute approximate surface area is 199 Å². The molecule has 0 saturated carbocycles. The van der Waals surface area contributed by atoms with Gasteiger partial charge in [0.2, 0.25) is 5.88 Å². The summed E-state index contributed by atoms with van der Waals surface area (Å²) in [4.78, 5) is 51.7. The minimum atomic E-state index is -0.776. The van der Waals surface area contributed by atoms with Crippen molar-refractivity contribution in [3.05, 3.63) is 81.6 Å². The maximum absolute atomic E-state index is 13.0. The highest BCUT2D eigenvalue weighted by molar-refractivity contribution is 6.22. The molecule has 176 valence electrons. The van der Waals surface area contributed by atoms with Crippen LogP contribution in [0.2, 0.25) is 0 Å². The number of fused-ring (bicyclic) bond motifs is 1. The van der Waals surface area contributed by atoms with Crippen LogP contribution >= 0.6 is 0 Å². The normalized spacial score (nSPS) is 12.2. The number of carbonyl (C=O) groups excluding carboxylic acids is 4. The molecule has 0 radical (unpaired) electrons. The largest absolute Gasteiger partial charge is 0.497 e. The summed E-state index contributed by atoms with van der Waals surface area (Å²) < 4.78 is 15.2. The molecule has 35 heavy (non-hydrogen) atoms. The molecule has 0 spiro atoms. The van der Waals surface area contributed by atoms with Gasteiger partial charge in [0.15, 0.2) is 0 Å². The van der Waals surface area contributed by atoms with Gasteiger partial charge in [0.25, 0.3) is 17.7 Å². The number of aryl methyl sites for hydroxylation is 1. The fraction of sp³-hybridized carbons (Fsp3) is 0.160. The van der Waals surface area contributed by atoms with Crippen LogP contribution in [0.1, 0.15) is 58.3 Å². The second kappa shape index (κ2) is 9.15. The molecule has 3 aromatic rings. The molecule has 0 bridgehead atoms. The molecule has 1 aliphatic rings. The fourth-order valence-electron chi connectivity index (χ4n) is 3.75. The summed E-state index contributed by atoms with van der Waals surface area (Å²) >= 11 is 0. The van der Waals surface area contributed by atoms with Crippen LogP contribution in [0, 0.1) is 18.3 Å². The molecule has 2 heterocycles. The topological polar surface area (TPSA) is 139 Å². The highest BCUT2D eigenvalue weighted by Crippen LogP contribution is 2.29. The molecule has 0 aliphatic carbocycles. The first kappa shape index (κ1) is 23.3. The minimum Gasteiger partial charge on any atom is -0.497 e. The summed E-state index contributed by atoms with van der Waals surface area (Å²) in [6.07, 6.45) is 0. The number of hydrogen-bond donors (Lipinski definition) is 1. The molecule has 10 nitrogen and oxygen atoms in total. The zero-order valence-corrected chi connectivity index (χ0v) is 19.0. The number of carbonyl (C=O) groups is 4. The SMILES string of the molecule is COC(=O)c1c(C)oc(NC(=O)c2ccc3c(c2)C(=O)N(Cc2ccc(OC)cc2)C3=O)c1C#N. The molecule has 1 aromatic heterocycles. The van der Waals surface area contributed by atoms with Gasteiger partial charge in [-0.05, 0) is 42.8 Å². The zero-order valence-electron chi connectivity index (χ0n) is 19.0. The van der Waals surface area contributed by atoms with E-state index < -0.39 is 23.7 Å². The van der Waals surface area contributed by atoms with Crippen LogP contribution in [0.3, 0.4) is 0 Å². The average molecular weight is 473 g/mol. The fourth-order valence-corrected chi connectivity index (χ4v) is 3.75. The Morgan fingerprint density at radius 1 is 1.06 bits per heavy atom. The van der Waals surface area contributed by atoms with Gasteiger partial charge >= 0.3 is 5.97 Å². The van der Waals surface area contributed by atoms with Crippen LogP contribution in [0.15, 0.2) is 46.9 Å². The Bertz CT molecular complexity index is 1410. The van der Waals surface area contributed by atoms with Crippen LogP contribution in [0.4, 0.5) is 5.88 Å². The van der Waals surface area contributed by atoms with Crippen molar-refractivity contribution >= 4 is 29.6 Å². The summed E-state index contributed by atoms with van der Waals surface area (Å²) in [6.45, 7) is 1.52. The number of ether oxygens (including phenoxy) is 2. The Balaban J connectivity index is 1.57. The van der Waals surface area contributed by atoms with E-state index >= 15 is 0 Å². The maximum atomic E-state index is 13.0. The third-order valence-electron chi connectivity index (χ3n) is 5.55. The molecule has 4 rings (SSSR count). The second-order valence-corrected chi connectivity index (χ2v) is 7.60. The predicted molar refractivity (Wildman–Crippen MR) is 121 cm³/mol. The number of nitrogens with one attached hydrogen (secondary N) is 1. The van der Waals surface area contributed by atoms with Gasteiger partial charge in [-0.2, -0.15) is 5.26 Å². The Kier molecular flexibility index (Phi) is 6.08. The Morgan fingerprint density at radius 3 is 2.37 bits per heavy atom. The number of hydrogen-bond acceptors (Lipinski definition) is 8. The van der Waals surface area contributed by atoms with Crippen LogP contribution < -0.4 is 10.1 Å². The number of amides is 3. The van der Waals surface area contributed by atoms with E-state index in [0.717, 1.165) is 17.6 Å². The van der Waals surface area contributed by atoms with Crippen molar-refractivity contribution in [2.24, 2.45) is 0 Å². The lowest BCUT2D eigenvalue weighted by Crippen LogP contribution is -2.29. The monoisotopic (exact) mass is 473 g/mol. The van der Waals surface area contributed by atoms with Crippen molar-refractivity contribution in [1.82, 2.24) is 4.90 Å². The van der Waals surface area contributed by atoms with Gasteiger partial charge in [-0.3, -0.25) is 24.6 Å². The third kappa shape index (κ3) is 4.11. The van der Waals surface area contributed by atoms with E-state index in [-0.39, 0.29) is 46.0 Å². The molecule has 1 aliphatic heterocycles. The van der Waals surface area contributed by atoms with Gasteiger partial charge in [-0.25, -0.2) is 4.79 Å². The molecule has 0 unspecified atom stereocenters. The molecule has 0 saturated heterocycles. The number of benzene rings is 2. The second-order valence-electron chi connectivity index (χ2n) is 7.60. The highest BCUT2D eigenvalue weighted by Gasteiger charge is 2.36. The number of furan rings is 1. The van der Waals surface area contributed by atoms with E-state index in [1.807, 2.05) is 6.07 Å². The van der Waals surface area contributed by atoms with Crippen LogP contribution in [0.5, 0.6) is 5.75 Å². The smallest absolute Gasteiger partial charge is 0.342 e. The summed E-state index contributed by atoms with van der Waals surface area (Å²) in [5.41, 5.74) is 0.794. The third-order valence-corrected chi connectivity index (χ3v) is 5.55. The molecule has 3 amide bonds. The Morgan fingerprint density at radius 2 is 1.74 bits per heavy atom. The van der Waals surface area contributed by atoms with Crippen LogP contribution in [0.25, 0.3) is 0 Å². The van der Waals surface area contributed by atoms with E-state index in [2.05, 4.69) is 10.1 Å². The predicted octanol–water partition coefficient (Wildman–Crippen LogP) is 3.30. The number of imide groups is 1. The van der Waals surface area contributed by atoms with Crippen molar-refractivity contribution in [2.45, 2.75) is 13.5 Å². The minimum absolute atomic E-state index is 0.0609. The number of nitriles is 1. The van der Waals surface area contributed by atoms with Gasteiger partial charge in [0.05, 0.1) is 31.9 Å². The molecular formula is C25H19N3O7. The number of rotatable bonds is 6. The summed E-state index contributed by atoms with van der Waals surface area (Å²) in [6, 6.07) is 12.9. The van der Waals surface area contributed by atoms with Crippen molar-refractivity contribution in [1.29, 1.82) is 5.26 Å². The summed E-state index contributed by atoms with van der Waals surface area (Å²) in [7, 11) is 2.70. The van der Waals surface area contributed by atoms with Crippen molar-refractivity contribution in [3.8, 4) is 11.8 Å². The molecular weight excluding hydrogens is 454 g/mol. The number of anilines is 1. The van der Waals surface area contributed by atoms with Crippen molar-refractivity contribution < 1.29 is 33.1 Å². The molecule has 0 atom stereocenters. The van der Waals surface area contributed by atoms with Gasteiger partial charge in [0, 0.05) is 5.56 Å². The molecule has 1 N–H and O–H groups in total. The number of esters is 1. The molecule has 2 aromatic carbocycles. The zero-order chi connectivity index (χ0) is 25.3. The van der Waals surface area contributed by atoms with Crippen LogP contribution in [-0.4, -0.2) is 42.8 Å². The number of nitrogens with zero attached hydrogens (tertiary/aromatic N) is 2. The molecule has 0 fully saturated rings. The first-order valence-electron chi connectivity index (χ1n) is 10.3. The first-order chi connectivity index (χ1) is 16.8. The standard InChI is InChI=1S/C25H19N3O7/c1-13-20(25(32)34-3)19(11-26)22(35-13)27-21(29)15-6-9-17-18(10-15)24(31)28(23(17)30)12-14-4-7-16(33-2)8-5-14/h4-10H,12H2,1-3H3,(H,27,29). The van der Waals surface area contributed by atoms with E-state index in [4.69, 9.17) is 9.15 Å². The van der Waals surface area contributed by atoms with Crippen molar-refractivity contribution in [2.75, 3.05) is 19.5 Å². The summed E-state index contributed by atoms with van der Waals surface area (Å²) in [5, 5.41) is 11.9. The Hall–Kier alpha value is -4.91. The lowest BCUT2D eigenvalue weighted by atomic mass is 10.1. The quantitative estimate of drug-likeness (QED) is 0.425. The lowest BCUT2D eigenvalue weighted by Gasteiger charge is -2.14. The van der Waals surface area contributed by atoms with Crippen molar-refractivity contribution in [3.63, 3.8) is 0 Å². The van der Waals surface area contributed by atoms with Gasteiger partial charge in [-0.1, -0.05) is 12.1 Å². The summed E-state index contributed by atoms with van der Waals surface area (Å²) in [5.74, 6) is -1.94. The number of methoxy groups -OCH3 is 2. The van der Waals surface area contributed by atoms with E-state index in [1.54, 1.807) is 31.4 Å². The lowest BCUT2D eigenvalue weighted by molar-refractivity contribution is 0.0595. The molecule has 10 heteroatoms.